The van der Waals surface area contributed by atoms with E-state index in [1.807, 2.05) is 6.20 Å². The Bertz CT molecular complexity index is 535. The van der Waals surface area contributed by atoms with Crippen molar-refractivity contribution in [3.05, 3.63) is 18.2 Å². The first-order chi connectivity index (χ1) is 9.56. The lowest BCUT2D eigenvalue weighted by atomic mass is 9.87. The summed E-state index contributed by atoms with van der Waals surface area (Å²) in [5.41, 5.74) is 0. The van der Waals surface area contributed by atoms with Crippen molar-refractivity contribution in [1.29, 1.82) is 0 Å². The molecule has 0 aliphatic carbocycles. The Hall–Kier alpha value is -2.05. The van der Waals surface area contributed by atoms with E-state index >= 15 is 0 Å². The number of urea groups is 1. The van der Waals surface area contributed by atoms with Gasteiger partial charge in [-0.25, -0.2) is 9.78 Å². The van der Waals surface area contributed by atoms with Gasteiger partial charge in [0.1, 0.15) is 5.82 Å². The normalized spacial score (nSPS) is 20.2. The smallest absolute Gasteiger partial charge is 0.320 e. The number of rotatable bonds is 2. The van der Waals surface area contributed by atoms with Gasteiger partial charge >= 0.3 is 12.0 Å². The van der Waals surface area contributed by atoms with Crippen LogP contribution >= 0.6 is 0 Å². The molecule has 20 heavy (non-hydrogen) atoms. The Morgan fingerprint density at radius 2 is 2.10 bits per heavy atom. The van der Waals surface area contributed by atoms with E-state index in [4.69, 9.17) is 5.11 Å². The Morgan fingerprint density at radius 1 is 1.35 bits per heavy atom. The van der Waals surface area contributed by atoms with Crippen molar-refractivity contribution in [3.63, 3.8) is 0 Å². The summed E-state index contributed by atoms with van der Waals surface area (Å²) in [7, 11) is 0. The number of imidazole rings is 1. The first-order valence-corrected chi connectivity index (χ1v) is 6.83. The zero-order valence-corrected chi connectivity index (χ0v) is 11.4. The number of carbonyl (C=O) groups excluding carboxylic acids is 1. The molecule has 0 saturated carbocycles. The van der Waals surface area contributed by atoms with E-state index in [-0.39, 0.29) is 17.9 Å². The van der Waals surface area contributed by atoms with Gasteiger partial charge in [-0.2, -0.15) is 0 Å². The van der Waals surface area contributed by atoms with Crippen LogP contribution in [-0.4, -0.2) is 56.1 Å². The molecule has 1 saturated heterocycles. The summed E-state index contributed by atoms with van der Waals surface area (Å²) in [5, 5.41) is 8.95. The number of fused-ring (bicyclic) bond motifs is 1. The Morgan fingerprint density at radius 3 is 2.80 bits per heavy atom. The molecule has 0 bridgehead atoms. The zero-order chi connectivity index (χ0) is 14.3. The quantitative estimate of drug-likeness (QED) is 0.853. The maximum absolute atomic E-state index is 12.3. The van der Waals surface area contributed by atoms with Gasteiger partial charge in [0.2, 0.25) is 0 Å². The predicted molar refractivity (Wildman–Crippen MR) is 69.9 cm³/mol. The second-order valence-corrected chi connectivity index (χ2v) is 5.53. The molecule has 1 unspecified atom stereocenters. The highest BCUT2D eigenvalue weighted by Crippen LogP contribution is 2.26. The maximum atomic E-state index is 12.3. The summed E-state index contributed by atoms with van der Waals surface area (Å²) >= 11 is 0. The lowest BCUT2D eigenvalue weighted by Gasteiger charge is -2.44. The number of carboxylic acids is 1. The largest absolute Gasteiger partial charge is 0.481 e. The van der Waals surface area contributed by atoms with E-state index in [1.54, 1.807) is 22.9 Å². The molecule has 1 atom stereocenters. The number of hydrogen-bond donors (Lipinski definition) is 1. The Balaban J connectivity index is 1.56. The van der Waals surface area contributed by atoms with Crippen LogP contribution in [0.4, 0.5) is 4.79 Å². The number of hydrogen-bond acceptors (Lipinski definition) is 3. The number of carboxylic acid groups (broad SMARTS) is 1. The van der Waals surface area contributed by atoms with Crippen LogP contribution in [0.5, 0.6) is 0 Å². The highest BCUT2D eigenvalue weighted by atomic mass is 16.4. The summed E-state index contributed by atoms with van der Waals surface area (Å²) in [5.74, 6) is -0.204. The molecule has 7 heteroatoms. The average molecular weight is 278 g/mol. The van der Waals surface area contributed by atoms with Gasteiger partial charge in [-0.1, -0.05) is 6.92 Å². The van der Waals surface area contributed by atoms with Crippen molar-refractivity contribution in [2.45, 2.75) is 20.0 Å². The highest BCUT2D eigenvalue weighted by molar-refractivity contribution is 5.76. The third-order valence-electron chi connectivity index (χ3n) is 4.29. The minimum Gasteiger partial charge on any atom is -0.481 e. The molecule has 1 aromatic heterocycles. The van der Waals surface area contributed by atoms with Crippen LogP contribution in [0, 0.1) is 11.8 Å². The highest BCUT2D eigenvalue weighted by Gasteiger charge is 2.39. The molecule has 7 nitrogen and oxygen atoms in total. The SMILES string of the molecule is CC(C(=O)O)C1CN(C(=O)N2CCn3ccnc3C2)C1. The second-order valence-electron chi connectivity index (χ2n) is 5.53. The van der Waals surface area contributed by atoms with Crippen LogP contribution in [0.3, 0.4) is 0 Å². The topological polar surface area (TPSA) is 78.7 Å². The lowest BCUT2D eigenvalue weighted by molar-refractivity contribution is -0.144. The van der Waals surface area contributed by atoms with Crippen LogP contribution in [0.2, 0.25) is 0 Å². The third kappa shape index (κ3) is 2.13. The van der Waals surface area contributed by atoms with Crippen molar-refractivity contribution >= 4 is 12.0 Å². The van der Waals surface area contributed by atoms with Gasteiger partial charge in [-0.3, -0.25) is 4.79 Å². The number of aromatic nitrogens is 2. The third-order valence-corrected chi connectivity index (χ3v) is 4.29. The molecule has 0 aromatic carbocycles. The molecule has 3 heterocycles. The van der Waals surface area contributed by atoms with Crippen LogP contribution < -0.4 is 0 Å². The number of amides is 2. The van der Waals surface area contributed by atoms with Crippen molar-refractivity contribution in [1.82, 2.24) is 19.4 Å². The number of carbonyl (C=O) groups is 2. The van der Waals surface area contributed by atoms with Crippen LogP contribution in [0.25, 0.3) is 0 Å². The first kappa shape index (κ1) is 13.0. The molecule has 2 aliphatic rings. The van der Waals surface area contributed by atoms with E-state index < -0.39 is 5.97 Å². The average Bonchev–Trinajstić information content (AvgIpc) is 2.83. The lowest BCUT2D eigenvalue weighted by Crippen LogP contribution is -2.58. The van der Waals surface area contributed by atoms with Gasteiger partial charge in [0.15, 0.2) is 0 Å². The van der Waals surface area contributed by atoms with Crippen molar-refractivity contribution < 1.29 is 14.7 Å². The van der Waals surface area contributed by atoms with Gasteiger partial charge in [-0.05, 0) is 0 Å². The molecular weight excluding hydrogens is 260 g/mol. The molecule has 2 aliphatic heterocycles. The first-order valence-electron chi connectivity index (χ1n) is 6.83. The Kier molecular flexibility index (Phi) is 3.11. The van der Waals surface area contributed by atoms with E-state index in [2.05, 4.69) is 9.55 Å². The van der Waals surface area contributed by atoms with Crippen LogP contribution in [0.15, 0.2) is 12.4 Å². The van der Waals surface area contributed by atoms with Gasteiger partial charge in [0.25, 0.3) is 0 Å². The summed E-state index contributed by atoms with van der Waals surface area (Å²) < 4.78 is 2.05. The number of nitrogens with zero attached hydrogens (tertiary/aromatic N) is 4. The molecule has 1 N–H and O–H groups in total. The zero-order valence-electron chi connectivity index (χ0n) is 11.4. The molecule has 2 amide bonds. The molecule has 1 fully saturated rings. The van der Waals surface area contributed by atoms with E-state index in [0.29, 0.717) is 26.2 Å². The number of likely N-dealkylation sites (tertiary alicyclic amines) is 1. The van der Waals surface area contributed by atoms with Crippen molar-refractivity contribution in [2.24, 2.45) is 11.8 Å². The summed E-state index contributed by atoms with van der Waals surface area (Å²) in [6.07, 6.45) is 3.67. The van der Waals surface area contributed by atoms with E-state index in [9.17, 15) is 9.59 Å². The van der Waals surface area contributed by atoms with Gasteiger partial charge in [-0.15, -0.1) is 0 Å². The molecule has 108 valence electrons. The fourth-order valence-corrected chi connectivity index (χ4v) is 2.72. The monoisotopic (exact) mass is 278 g/mol. The fraction of sp³-hybridized carbons (Fsp3) is 0.615. The van der Waals surface area contributed by atoms with Gasteiger partial charge in [0.05, 0.1) is 12.5 Å². The standard InChI is InChI=1S/C13H18N4O3/c1-9(12(18)19)10-6-17(7-10)13(20)16-5-4-15-3-2-14-11(15)8-16/h2-3,9-10H,4-8H2,1H3,(H,18,19). The van der Waals surface area contributed by atoms with E-state index in [1.165, 1.54) is 0 Å². The fourth-order valence-electron chi connectivity index (χ4n) is 2.72. The van der Waals surface area contributed by atoms with Crippen LogP contribution in [0.1, 0.15) is 12.7 Å². The second kappa shape index (κ2) is 4.81. The summed E-state index contributed by atoms with van der Waals surface area (Å²) in [6, 6.07) is -0.00640. The van der Waals surface area contributed by atoms with Gasteiger partial charge in [0, 0.05) is 44.5 Å². The number of aliphatic carboxylic acids is 1. The molecule has 0 radical (unpaired) electrons. The molecular formula is C13H18N4O3. The Labute approximate surface area is 116 Å². The molecule has 0 spiro atoms. The van der Waals surface area contributed by atoms with Crippen LogP contribution in [-0.2, 0) is 17.9 Å². The predicted octanol–water partition coefficient (Wildman–Crippen LogP) is 0.471. The minimum atomic E-state index is -0.790. The summed E-state index contributed by atoms with van der Waals surface area (Å²) in [6.45, 7) is 4.75. The van der Waals surface area contributed by atoms with Crippen molar-refractivity contribution in [3.8, 4) is 0 Å². The summed E-state index contributed by atoms with van der Waals surface area (Å²) in [4.78, 5) is 31.0. The van der Waals surface area contributed by atoms with E-state index in [0.717, 1.165) is 12.4 Å². The molecule has 1 aromatic rings. The molecule has 3 rings (SSSR count). The van der Waals surface area contributed by atoms with Crippen molar-refractivity contribution in [2.75, 3.05) is 19.6 Å². The minimum absolute atomic E-state index is 0.00640. The van der Waals surface area contributed by atoms with Gasteiger partial charge < -0.3 is 19.5 Å². The maximum Gasteiger partial charge on any atom is 0.320 e.